The molecule has 4 aromatic rings. The van der Waals surface area contributed by atoms with Crippen LogP contribution in [0.2, 0.25) is 0 Å². The van der Waals surface area contributed by atoms with Gasteiger partial charge in [0.1, 0.15) is 11.6 Å². The number of fused-ring (bicyclic) bond motifs is 1. The van der Waals surface area contributed by atoms with Crippen LogP contribution in [0, 0.1) is 12.7 Å². The molecule has 140 valence electrons. The van der Waals surface area contributed by atoms with Gasteiger partial charge in [0.15, 0.2) is 0 Å². The standard InChI is InChI=1S/C21H17FN4OS/c1-13-23-16(12-28-13)7-9-21(27)24-15-6-8-18-19(11-15)26-20(25-18)10-14-4-2-3-5-17(14)22/h2-9,11-12H,10H2,1H3,(H,24,27)(H,25,26)/b9-7+. The number of H-pyrrole nitrogens is 1. The normalized spacial score (nSPS) is 11.4. The highest BCUT2D eigenvalue weighted by Crippen LogP contribution is 2.19. The summed E-state index contributed by atoms with van der Waals surface area (Å²) in [4.78, 5) is 24.1. The van der Waals surface area contributed by atoms with Gasteiger partial charge in [-0.15, -0.1) is 11.3 Å². The van der Waals surface area contributed by atoms with E-state index < -0.39 is 0 Å². The van der Waals surface area contributed by atoms with E-state index in [1.807, 2.05) is 24.4 Å². The van der Waals surface area contributed by atoms with Crippen LogP contribution in [0.1, 0.15) is 22.1 Å². The number of carbonyl (C=O) groups is 1. The number of thiazole rings is 1. The smallest absolute Gasteiger partial charge is 0.248 e. The molecule has 4 rings (SSSR count). The highest BCUT2D eigenvalue weighted by molar-refractivity contribution is 7.09. The van der Waals surface area contributed by atoms with Gasteiger partial charge in [-0.25, -0.2) is 14.4 Å². The van der Waals surface area contributed by atoms with Crippen LogP contribution >= 0.6 is 11.3 Å². The first-order valence-corrected chi connectivity index (χ1v) is 9.58. The van der Waals surface area contributed by atoms with Crippen LogP contribution in [-0.2, 0) is 11.2 Å². The molecule has 5 nitrogen and oxygen atoms in total. The fraction of sp³-hybridized carbons (Fsp3) is 0.0952. The Kier molecular flexibility index (Phi) is 4.99. The van der Waals surface area contributed by atoms with Crippen molar-refractivity contribution in [3.8, 4) is 0 Å². The summed E-state index contributed by atoms with van der Waals surface area (Å²) < 4.78 is 13.8. The maximum Gasteiger partial charge on any atom is 0.248 e. The minimum atomic E-state index is -0.252. The van der Waals surface area contributed by atoms with E-state index >= 15 is 0 Å². The first kappa shape index (κ1) is 18.1. The van der Waals surface area contributed by atoms with E-state index in [0.717, 1.165) is 21.7 Å². The summed E-state index contributed by atoms with van der Waals surface area (Å²) in [5.41, 5.74) is 3.54. The van der Waals surface area contributed by atoms with Gasteiger partial charge >= 0.3 is 0 Å². The number of amides is 1. The Balaban J connectivity index is 1.47. The predicted octanol–water partition coefficient (Wildman–Crippen LogP) is 4.71. The minimum Gasteiger partial charge on any atom is -0.342 e. The van der Waals surface area contributed by atoms with Gasteiger partial charge in [0.05, 0.1) is 21.7 Å². The molecule has 2 aromatic carbocycles. The number of nitrogens with one attached hydrogen (secondary N) is 2. The fourth-order valence-electron chi connectivity index (χ4n) is 2.85. The van der Waals surface area contributed by atoms with Gasteiger partial charge in [0.25, 0.3) is 0 Å². The molecular weight excluding hydrogens is 375 g/mol. The zero-order chi connectivity index (χ0) is 19.5. The lowest BCUT2D eigenvalue weighted by molar-refractivity contribution is -0.111. The molecule has 2 N–H and O–H groups in total. The molecule has 0 atom stereocenters. The topological polar surface area (TPSA) is 70.7 Å². The number of hydrogen-bond donors (Lipinski definition) is 2. The molecule has 0 radical (unpaired) electrons. The number of aromatic amines is 1. The molecule has 0 fully saturated rings. The van der Waals surface area contributed by atoms with Crippen molar-refractivity contribution in [1.82, 2.24) is 15.0 Å². The van der Waals surface area contributed by atoms with Gasteiger partial charge in [0.2, 0.25) is 5.91 Å². The third kappa shape index (κ3) is 4.15. The lowest BCUT2D eigenvalue weighted by atomic mass is 10.1. The van der Waals surface area contributed by atoms with Crippen molar-refractivity contribution in [3.63, 3.8) is 0 Å². The summed E-state index contributed by atoms with van der Waals surface area (Å²) >= 11 is 1.54. The van der Waals surface area contributed by atoms with Gasteiger partial charge in [-0.05, 0) is 42.8 Å². The zero-order valence-corrected chi connectivity index (χ0v) is 15.9. The SMILES string of the molecule is Cc1nc(/C=C/C(=O)Nc2ccc3nc(Cc4ccccc4F)[nH]c3c2)cs1. The summed E-state index contributed by atoms with van der Waals surface area (Å²) in [7, 11) is 0. The van der Waals surface area contributed by atoms with E-state index in [1.165, 1.54) is 23.5 Å². The number of nitrogens with zero attached hydrogens (tertiary/aromatic N) is 2. The number of aromatic nitrogens is 3. The third-order valence-corrected chi connectivity index (χ3v) is 4.95. The van der Waals surface area contributed by atoms with Gasteiger partial charge in [0, 0.05) is 23.6 Å². The molecule has 0 aliphatic carbocycles. The molecule has 28 heavy (non-hydrogen) atoms. The molecule has 7 heteroatoms. The predicted molar refractivity (Wildman–Crippen MR) is 110 cm³/mol. The number of aryl methyl sites for hydroxylation is 1. The molecule has 0 saturated heterocycles. The van der Waals surface area contributed by atoms with Crippen molar-refractivity contribution in [2.75, 3.05) is 5.32 Å². The second-order valence-electron chi connectivity index (χ2n) is 6.30. The molecule has 0 bridgehead atoms. The van der Waals surface area contributed by atoms with Crippen LogP contribution in [-0.4, -0.2) is 20.9 Å². The van der Waals surface area contributed by atoms with Crippen molar-refractivity contribution in [3.05, 3.63) is 81.8 Å². The first-order valence-electron chi connectivity index (χ1n) is 8.70. The molecule has 0 spiro atoms. The van der Waals surface area contributed by atoms with Gasteiger partial charge in [-0.3, -0.25) is 4.79 Å². The lowest BCUT2D eigenvalue weighted by Crippen LogP contribution is -2.07. The van der Waals surface area contributed by atoms with Gasteiger partial charge < -0.3 is 10.3 Å². The molecule has 0 unspecified atom stereocenters. The number of rotatable bonds is 5. The Morgan fingerprint density at radius 1 is 1.25 bits per heavy atom. The van der Waals surface area contributed by atoms with Crippen LogP contribution in [0.5, 0.6) is 0 Å². The van der Waals surface area contributed by atoms with Crippen LogP contribution in [0.25, 0.3) is 17.1 Å². The van der Waals surface area contributed by atoms with E-state index in [-0.39, 0.29) is 11.7 Å². The van der Waals surface area contributed by atoms with E-state index in [0.29, 0.717) is 23.5 Å². The van der Waals surface area contributed by atoms with Crippen LogP contribution < -0.4 is 5.32 Å². The minimum absolute atomic E-state index is 0.240. The zero-order valence-electron chi connectivity index (χ0n) is 15.1. The van der Waals surface area contributed by atoms with E-state index in [1.54, 1.807) is 30.3 Å². The first-order chi connectivity index (χ1) is 13.6. The van der Waals surface area contributed by atoms with E-state index in [9.17, 15) is 9.18 Å². The maximum atomic E-state index is 13.8. The quantitative estimate of drug-likeness (QED) is 0.483. The van der Waals surface area contributed by atoms with Gasteiger partial charge in [-0.2, -0.15) is 0 Å². The second-order valence-corrected chi connectivity index (χ2v) is 7.36. The highest BCUT2D eigenvalue weighted by Gasteiger charge is 2.08. The summed E-state index contributed by atoms with van der Waals surface area (Å²) in [6.45, 7) is 1.92. The number of hydrogen-bond acceptors (Lipinski definition) is 4. The molecule has 2 heterocycles. The van der Waals surface area contributed by atoms with Crippen LogP contribution in [0.15, 0.2) is 53.9 Å². The Labute approximate surface area is 165 Å². The van der Waals surface area contributed by atoms with Crippen molar-refractivity contribution >= 4 is 40.0 Å². The van der Waals surface area contributed by atoms with Crippen molar-refractivity contribution in [1.29, 1.82) is 0 Å². The average molecular weight is 392 g/mol. The summed E-state index contributed by atoms with van der Waals surface area (Å²) in [6.07, 6.45) is 3.51. The van der Waals surface area contributed by atoms with Crippen molar-refractivity contribution in [2.24, 2.45) is 0 Å². The van der Waals surface area contributed by atoms with E-state index in [4.69, 9.17) is 0 Å². The second kappa shape index (κ2) is 7.74. The van der Waals surface area contributed by atoms with Crippen molar-refractivity contribution in [2.45, 2.75) is 13.3 Å². The van der Waals surface area contributed by atoms with E-state index in [2.05, 4.69) is 20.3 Å². The van der Waals surface area contributed by atoms with Crippen LogP contribution in [0.4, 0.5) is 10.1 Å². The Hall–Kier alpha value is -3.32. The average Bonchev–Trinajstić information content (AvgIpc) is 3.27. The monoisotopic (exact) mass is 392 g/mol. The third-order valence-electron chi connectivity index (χ3n) is 4.16. The Morgan fingerprint density at radius 3 is 2.89 bits per heavy atom. The Bertz CT molecular complexity index is 1180. The molecule has 1 amide bonds. The largest absolute Gasteiger partial charge is 0.342 e. The molecule has 0 aliphatic heterocycles. The van der Waals surface area contributed by atoms with Crippen molar-refractivity contribution < 1.29 is 9.18 Å². The highest BCUT2D eigenvalue weighted by atomic mass is 32.1. The number of carbonyl (C=O) groups excluding carboxylic acids is 1. The number of imidazole rings is 1. The summed E-state index contributed by atoms with van der Waals surface area (Å²) in [6, 6.07) is 12.1. The maximum absolute atomic E-state index is 13.8. The summed E-state index contributed by atoms with van der Waals surface area (Å²) in [5, 5.41) is 5.67. The Morgan fingerprint density at radius 2 is 2.11 bits per heavy atom. The fourth-order valence-corrected chi connectivity index (χ4v) is 3.43. The summed E-state index contributed by atoms with van der Waals surface area (Å²) in [5.74, 6) is 0.177. The molecular formula is C21H17FN4OS. The lowest BCUT2D eigenvalue weighted by Gasteiger charge is -2.01. The number of halogens is 1. The molecule has 2 aromatic heterocycles. The van der Waals surface area contributed by atoms with Gasteiger partial charge in [-0.1, -0.05) is 18.2 Å². The molecule has 0 aliphatic rings. The number of benzene rings is 2. The van der Waals surface area contributed by atoms with Crippen LogP contribution in [0.3, 0.4) is 0 Å². The molecule has 0 saturated carbocycles. The number of anilines is 1.